The van der Waals surface area contributed by atoms with Crippen molar-refractivity contribution >= 4 is 12.6 Å². The van der Waals surface area contributed by atoms with Crippen LogP contribution in [-0.2, 0) is 18.3 Å². The summed E-state index contributed by atoms with van der Waals surface area (Å²) in [5.41, 5.74) is 3.16. The highest BCUT2D eigenvalue weighted by atomic mass is 32.1. The molecule has 2 aromatic carbocycles. The number of aryl methyl sites for hydroxylation is 2. The smallest absolute Gasteiger partial charge is 0.119 e. The van der Waals surface area contributed by atoms with Crippen LogP contribution < -0.4 is 4.74 Å². The van der Waals surface area contributed by atoms with Gasteiger partial charge in [-0.25, -0.2) is 0 Å². The van der Waals surface area contributed by atoms with Crippen molar-refractivity contribution in [2.24, 2.45) is 10.2 Å². The second-order valence-electron chi connectivity index (χ2n) is 11.6. The first-order valence-corrected chi connectivity index (χ1v) is 16.6. The Hall–Kier alpha value is -2.32. The van der Waals surface area contributed by atoms with Crippen molar-refractivity contribution in [3.05, 3.63) is 59.2 Å². The van der Waals surface area contributed by atoms with Crippen molar-refractivity contribution in [3.8, 4) is 11.8 Å². The Morgan fingerprint density at radius 2 is 1.56 bits per heavy atom. The molecule has 2 rings (SSSR count). The van der Waals surface area contributed by atoms with Crippen LogP contribution >= 0.6 is 12.6 Å². The highest BCUT2D eigenvalue weighted by Crippen LogP contribution is 2.37. The fourth-order valence-corrected chi connectivity index (χ4v) is 6.20. The number of benzene rings is 2. The Labute approximate surface area is 256 Å². The largest absolute Gasteiger partial charge is 0.497 e. The Kier molecular flexibility index (Phi) is 17.5. The monoisotopic (exact) mass is 577 g/mol. The van der Waals surface area contributed by atoms with Crippen molar-refractivity contribution in [3.63, 3.8) is 0 Å². The van der Waals surface area contributed by atoms with Crippen LogP contribution in [-0.4, -0.2) is 20.2 Å². The molecule has 0 aromatic heterocycles. The molecule has 5 heteroatoms. The number of thiol groups is 1. The molecule has 0 saturated heterocycles. The van der Waals surface area contributed by atoms with Gasteiger partial charge < -0.3 is 4.74 Å². The minimum Gasteiger partial charge on any atom is -0.497 e. The van der Waals surface area contributed by atoms with Gasteiger partial charge in [-0.15, -0.1) is 12.6 Å². The first-order valence-electron chi connectivity index (χ1n) is 16.2. The maximum absolute atomic E-state index is 10.6. The van der Waals surface area contributed by atoms with Crippen LogP contribution in [0.1, 0.15) is 127 Å². The number of nitriles is 1. The first kappa shape index (κ1) is 34.9. The predicted octanol–water partition coefficient (Wildman–Crippen LogP) is 10.9. The zero-order valence-corrected chi connectivity index (χ0v) is 27.2. The molecule has 0 aliphatic carbocycles. The van der Waals surface area contributed by atoms with Gasteiger partial charge in [0.25, 0.3) is 0 Å². The SMILES string of the molecule is CCCCCCCCCCCCC(C#N)(CCCC(CCc1ccc(CC)cc1S)/N=N/C)c1cccc(OC)c1. The molecule has 2 unspecified atom stereocenters. The van der Waals surface area contributed by atoms with Gasteiger partial charge in [0, 0.05) is 11.9 Å². The first-order chi connectivity index (χ1) is 20.0. The number of nitrogens with zero attached hydrogens (tertiary/aromatic N) is 3. The molecule has 0 radical (unpaired) electrons. The number of hydrogen-bond donors (Lipinski definition) is 1. The van der Waals surface area contributed by atoms with E-state index in [1.54, 1.807) is 14.2 Å². The summed E-state index contributed by atoms with van der Waals surface area (Å²) in [6, 6.07) is 17.7. The maximum atomic E-state index is 10.6. The quantitative estimate of drug-likeness (QED) is 0.0859. The second kappa shape index (κ2) is 20.5. The van der Waals surface area contributed by atoms with Crippen molar-refractivity contribution < 1.29 is 4.74 Å². The summed E-state index contributed by atoms with van der Waals surface area (Å²) in [5, 5.41) is 19.3. The van der Waals surface area contributed by atoms with Gasteiger partial charge in [0.1, 0.15) is 5.75 Å². The maximum Gasteiger partial charge on any atom is 0.119 e. The molecule has 0 saturated carbocycles. The molecule has 0 aliphatic heterocycles. The van der Waals surface area contributed by atoms with Crippen LogP contribution in [0, 0.1) is 11.3 Å². The number of ether oxygens (including phenoxy) is 1. The van der Waals surface area contributed by atoms with Gasteiger partial charge in [-0.05, 0) is 79.8 Å². The normalized spacial score (nSPS) is 13.7. The topological polar surface area (TPSA) is 57.7 Å². The van der Waals surface area contributed by atoms with E-state index in [-0.39, 0.29) is 6.04 Å². The Balaban J connectivity index is 1.97. The van der Waals surface area contributed by atoms with Crippen LogP contribution in [0.4, 0.5) is 0 Å². The molecule has 0 amide bonds. The Morgan fingerprint density at radius 1 is 0.878 bits per heavy atom. The number of hydrogen-bond acceptors (Lipinski definition) is 5. The molecule has 0 aliphatic rings. The third-order valence-corrected chi connectivity index (χ3v) is 8.93. The molecular weight excluding hydrogens is 522 g/mol. The van der Waals surface area contributed by atoms with Crippen LogP contribution in [0.2, 0.25) is 0 Å². The Morgan fingerprint density at radius 3 is 2.17 bits per heavy atom. The van der Waals surface area contributed by atoms with Gasteiger partial charge in [-0.2, -0.15) is 15.5 Å². The van der Waals surface area contributed by atoms with E-state index in [2.05, 4.69) is 60.5 Å². The van der Waals surface area contributed by atoms with Gasteiger partial charge in [-0.1, -0.05) is 102 Å². The lowest BCUT2D eigenvalue weighted by Gasteiger charge is -2.28. The molecule has 2 atom stereocenters. The molecule has 0 fully saturated rings. The van der Waals surface area contributed by atoms with Crippen LogP contribution in [0.15, 0.2) is 57.6 Å². The predicted molar refractivity (Wildman–Crippen MR) is 177 cm³/mol. The summed E-state index contributed by atoms with van der Waals surface area (Å²) < 4.78 is 5.53. The zero-order chi connectivity index (χ0) is 29.8. The molecule has 0 bridgehead atoms. The fourth-order valence-electron chi connectivity index (χ4n) is 5.85. The number of rotatable bonds is 22. The van der Waals surface area contributed by atoms with Gasteiger partial charge in [0.15, 0.2) is 0 Å². The van der Waals surface area contributed by atoms with E-state index in [0.717, 1.165) is 67.6 Å². The lowest BCUT2D eigenvalue weighted by atomic mass is 9.73. The lowest BCUT2D eigenvalue weighted by Crippen LogP contribution is -2.25. The standard InChI is InChI=1S/C36H55N3OS/c1-5-7-8-9-10-11-12-13-14-15-25-36(29-37,32-18-16-20-34(28-32)40-4)26-17-19-33(39-38-3)24-23-31-22-21-30(6-2)27-35(31)41/h16,18,20-22,27-28,33,41H,5-15,17,19,23-26H2,1-4H3/b39-38+. The summed E-state index contributed by atoms with van der Waals surface area (Å²) in [5.74, 6) is 0.819. The highest BCUT2D eigenvalue weighted by molar-refractivity contribution is 7.80. The Bertz CT molecular complexity index is 1060. The number of methoxy groups -OCH3 is 1. The van der Waals surface area contributed by atoms with E-state index in [1.165, 1.54) is 68.9 Å². The third-order valence-electron chi connectivity index (χ3n) is 8.52. The van der Waals surface area contributed by atoms with Gasteiger partial charge >= 0.3 is 0 Å². The van der Waals surface area contributed by atoms with Gasteiger partial charge in [0.05, 0.1) is 24.6 Å². The van der Waals surface area contributed by atoms with Crippen molar-refractivity contribution in [1.29, 1.82) is 5.26 Å². The van der Waals surface area contributed by atoms with Crippen molar-refractivity contribution in [2.45, 2.75) is 139 Å². The van der Waals surface area contributed by atoms with Gasteiger partial charge in [0.2, 0.25) is 0 Å². The average molecular weight is 578 g/mol. The molecular formula is C36H55N3OS. The molecule has 2 aromatic rings. The van der Waals surface area contributed by atoms with Crippen LogP contribution in [0.3, 0.4) is 0 Å². The summed E-state index contributed by atoms with van der Waals surface area (Å²) in [7, 11) is 3.45. The molecule has 0 heterocycles. The molecule has 0 N–H and O–H groups in total. The van der Waals surface area contributed by atoms with Crippen molar-refractivity contribution in [2.75, 3.05) is 14.2 Å². The van der Waals surface area contributed by atoms with Crippen molar-refractivity contribution in [1.82, 2.24) is 0 Å². The van der Waals surface area contributed by atoms with Gasteiger partial charge in [-0.3, -0.25) is 0 Å². The highest BCUT2D eigenvalue weighted by Gasteiger charge is 2.32. The van der Waals surface area contributed by atoms with E-state index in [0.29, 0.717) is 0 Å². The molecule has 226 valence electrons. The summed E-state index contributed by atoms with van der Waals surface area (Å²) in [4.78, 5) is 1.06. The van der Waals surface area contributed by atoms with Crippen LogP contribution in [0.5, 0.6) is 5.75 Å². The second-order valence-corrected chi connectivity index (χ2v) is 12.1. The third kappa shape index (κ3) is 12.6. The fraction of sp³-hybridized carbons (Fsp3) is 0.639. The molecule has 41 heavy (non-hydrogen) atoms. The average Bonchev–Trinajstić information content (AvgIpc) is 3.00. The zero-order valence-electron chi connectivity index (χ0n) is 26.3. The summed E-state index contributed by atoms with van der Waals surface area (Å²) in [6.07, 6.45) is 19.5. The van der Waals surface area contributed by atoms with E-state index < -0.39 is 5.41 Å². The van der Waals surface area contributed by atoms with Crippen LogP contribution in [0.25, 0.3) is 0 Å². The minimum absolute atomic E-state index is 0.151. The number of azo groups is 1. The summed E-state index contributed by atoms with van der Waals surface area (Å²) in [6.45, 7) is 4.44. The minimum atomic E-state index is -0.503. The van der Waals surface area contributed by atoms with E-state index in [4.69, 9.17) is 17.4 Å². The molecule has 4 nitrogen and oxygen atoms in total. The summed E-state index contributed by atoms with van der Waals surface area (Å²) >= 11 is 4.73. The lowest BCUT2D eigenvalue weighted by molar-refractivity contribution is 0.392. The molecule has 0 spiro atoms. The van der Waals surface area contributed by atoms with E-state index in [1.807, 2.05) is 12.1 Å². The van der Waals surface area contributed by atoms with E-state index in [9.17, 15) is 5.26 Å². The number of unbranched alkanes of at least 4 members (excludes halogenated alkanes) is 9. The van der Waals surface area contributed by atoms with E-state index >= 15 is 0 Å².